The quantitative estimate of drug-likeness (QED) is 0.419. The molecule has 1 aromatic heterocycles. The Bertz CT molecular complexity index is 968. The maximum Gasteiger partial charge on any atom is 0.276 e. The summed E-state index contributed by atoms with van der Waals surface area (Å²) >= 11 is 0. The van der Waals surface area contributed by atoms with Gasteiger partial charge in [0.05, 0.1) is 0 Å². The van der Waals surface area contributed by atoms with Crippen LogP contribution in [0.1, 0.15) is 20.8 Å². The van der Waals surface area contributed by atoms with Crippen LogP contribution in [0.3, 0.4) is 0 Å². The van der Waals surface area contributed by atoms with Crippen molar-refractivity contribution in [3.05, 3.63) is 65.9 Å². The molecule has 0 aliphatic heterocycles. The van der Waals surface area contributed by atoms with Gasteiger partial charge < -0.3 is 16.0 Å². The topological polar surface area (TPSA) is 115 Å². The number of hydrogen-bond donors (Lipinski definition) is 4. The highest BCUT2D eigenvalue weighted by Crippen LogP contribution is 2.21. The number of hydrogen-bond acceptors (Lipinski definition) is 3. The fraction of sp³-hybridized carbons (Fsp3) is 0.0556. The Morgan fingerprint density at radius 2 is 1.81 bits per heavy atom. The first-order chi connectivity index (χ1) is 12.0. The number of anilines is 1. The fourth-order valence-corrected chi connectivity index (χ4v) is 2.41. The molecule has 0 saturated carbocycles. The summed E-state index contributed by atoms with van der Waals surface area (Å²) in [5, 5.41) is 10.9. The SMILES string of the molecule is CN(C(=N)N)C(=O)c1cc2cc(NC(=O)c3ccccc3)ccc2[nH]1.Cl. The van der Waals surface area contributed by atoms with Crippen molar-refractivity contribution < 1.29 is 9.59 Å². The number of fused-ring (bicyclic) bond motifs is 1. The number of rotatable bonds is 3. The van der Waals surface area contributed by atoms with Crippen molar-refractivity contribution in [2.24, 2.45) is 5.73 Å². The van der Waals surface area contributed by atoms with Gasteiger partial charge in [-0.05, 0) is 36.4 Å². The van der Waals surface area contributed by atoms with E-state index in [0.717, 1.165) is 15.8 Å². The molecule has 0 radical (unpaired) electrons. The summed E-state index contributed by atoms with van der Waals surface area (Å²) in [5.74, 6) is -0.943. The first kappa shape index (κ1) is 19.0. The van der Waals surface area contributed by atoms with Gasteiger partial charge in [0.1, 0.15) is 5.69 Å². The number of benzene rings is 2. The summed E-state index contributed by atoms with van der Waals surface area (Å²) in [4.78, 5) is 28.4. The van der Waals surface area contributed by atoms with Crippen molar-refractivity contribution in [3.8, 4) is 0 Å². The fourth-order valence-electron chi connectivity index (χ4n) is 2.41. The molecule has 5 N–H and O–H groups in total. The minimum Gasteiger partial charge on any atom is -0.370 e. The zero-order valence-electron chi connectivity index (χ0n) is 13.9. The number of halogens is 1. The van der Waals surface area contributed by atoms with E-state index in [4.69, 9.17) is 11.1 Å². The Kier molecular flexibility index (Phi) is 5.64. The molecular weight excluding hydrogens is 354 g/mol. The highest BCUT2D eigenvalue weighted by Gasteiger charge is 2.16. The number of H-pyrrole nitrogens is 1. The lowest BCUT2D eigenvalue weighted by Crippen LogP contribution is -2.38. The first-order valence-corrected chi connectivity index (χ1v) is 7.57. The summed E-state index contributed by atoms with van der Waals surface area (Å²) in [7, 11) is 1.43. The van der Waals surface area contributed by atoms with E-state index >= 15 is 0 Å². The number of nitrogens with one attached hydrogen (secondary N) is 3. The first-order valence-electron chi connectivity index (χ1n) is 7.57. The van der Waals surface area contributed by atoms with Crippen LogP contribution >= 0.6 is 12.4 Å². The standard InChI is InChI=1S/C18H17N5O2.ClH/c1-23(18(19)20)17(25)15-10-12-9-13(7-8-14(12)22-15)21-16(24)11-5-3-2-4-6-11;/h2-10,22H,1H3,(H3,19,20)(H,21,24);1H. The van der Waals surface area contributed by atoms with Gasteiger partial charge in [-0.2, -0.15) is 0 Å². The molecule has 0 spiro atoms. The van der Waals surface area contributed by atoms with Gasteiger partial charge in [-0.3, -0.25) is 19.9 Å². The molecule has 0 fully saturated rings. The Labute approximate surface area is 156 Å². The molecule has 2 amide bonds. The molecule has 0 atom stereocenters. The van der Waals surface area contributed by atoms with Gasteiger partial charge in [0.25, 0.3) is 11.8 Å². The molecule has 0 bridgehead atoms. The molecule has 26 heavy (non-hydrogen) atoms. The second kappa shape index (κ2) is 7.71. The van der Waals surface area contributed by atoms with E-state index in [1.165, 1.54) is 7.05 Å². The van der Waals surface area contributed by atoms with Gasteiger partial charge in [0.15, 0.2) is 5.96 Å². The number of aromatic amines is 1. The number of carbonyl (C=O) groups is 2. The van der Waals surface area contributed by atoms with Gasteiger partial charge >= 0.3 is 0 Å². The third-order valence-electron chi connectivity index (χ3n) is 3.81. The number of guanidine groups is 1. The second-order valence-electron chi connectivity index (χ2n) is 5.55. The van der Waals surface area contributed by atoms with E-state index in [0.29, 0.717) is 16.9 Å². The maximum absolute atomic E-state index is 12.2. The summed E-state index contributed by atoms with van der Waals surface area (Å²) in [5.41, 5.74) is 7.59. The molecule has 1 heterocycles. The maximum atomic E-state index is 12.2. The second-order valence-corrected chi connectivity index (χ2v) is 5.55. The van der Waals surface area contributed by atoms with Crippen LogP contribution in [0, 0.1) is 5.41 Å². The lowest BCUT2D eigenvalue weighted by Gasteiger charge is -2.12. The van der Waals surface area contributed by atoms with E-state index in [-0.39, 0.29) is 24.3 Å². The molecule has 2 aromatic carbocycles. The van der Waals surface area contributed by atoms with Gasteiger partial charge in [0.2, 0.25) is 0 Å². The molecule has 3 rings (SSSR count). The largest absolute Gasteiger partial charge is 0.370 e. The number of amides is 2. The van der Waals surface area contributed by atoms with Crippen molar-refractivity contribution in [2.75, 3.05) is 12.4 Å². The third kappa shape index (κ3) is 3.84. The Morgan fingerprint density at radius 3 is 2.46 bits per heavy atom. The molecule has 0 saturated heterocycles. The van der Waals surface area contributed by atoms with Crippen molar-refractivity contribution in [2.45, 2.75) is 0 Å². The Balaban J connectivity index is 0.00000243. The van der Waals surface area contributed by atoms with E-state index in [2.05, 4.69) is 10.3 Å². The highest BCUT2D eigenvalue weighted by molar-refractivity contribution is 6.07. The molecular formula is C18H18ClN5O2. The predicted molar refractivity (Wildman–Crippen MR) is 104 cm³/mol. The van der Waals surface area contributed by atoms with Gasteiger partial charge in [-0.1, -0.05) is 18.2 Å². The molecule has 134 valence electrons. The molecule has 8 heteroatoms. The van der Waals surface area contributed by atoms with Gasteiger partial charge in [0, 0.05) is 29.2 Å². The third-order valence-corrected chi connectivity index (χ3v) is 3.81. The van der Waals surface area contributed by atoms with E-state index in [1.807, 2.05) is 6.07 Å². The minimum atomic E-state index is -0.404. The minimum absolute atomic E-state index is 0. The number of nitrogens with two attached hydrogens (primary N) is 1. The summed E-state index contributed by atoms with van der Waals surface area (Å²) in [6, 6.07) is 15.9. The number of aromatic nitrogens is 1. The number of nitrogens with zero attached hydrogens (tertiary/aromatic N) is 1. The zero-order chi connectivity index (χ0) is 18.0. The summed E-state index contributed by atoms with van der Waals surface area (Å²) in [6.45, 7) is 0. The summed E-state index contributed by atoms with van der Waals surface area (Å²) in [6.07, 6.45) is 0. The highest BCUT2D eigenvalue weighted by atomic mass is 35.5. The van der Waals surface area contributed by atoms with Crippen molar-refractivity contribution in [1.82, 2.24) is 9.88 Å². The Morgan fingerprint density at radius 1 is 1.12 bits per heavy atom. The van der Waals surface area contributed by atoms with Crippen LogP contribution in [0.5, 0.6) is 0 Å². The Hall–Kier alpha value is -3.32. The average Bonchev–Trinajstić information content (AvgIpc) is 3.04. The van der Waals surface area contributed by atoms with E-state index < -0.39 is 5.91 Å². The van der Waals surface area contributed by atoms with Crippen molar-refractivity contribution >= 4 is 46.8 Å². The van der Waals surface area contributed by atoms with Crippen LogP contribution in [-0.4, -0.2) is 34.7 Å². The van der Waals surface area contributed by atoms with Crippen LogP contribution in [-0.2, 0) is 0 Å². The molecule has 3 aromatic rings. The van der Waals surface area contributed by atoms with Crippen molar-refractivity contribution in [1.29, 1.82) is 5.41 Å². The number of carbonyl (C=O) groups excluding carboxylic acids is 2. The normalized spacial score (nSPS) is 10.0. The average molecular weight is 372 g/mol. The van der Waals surface area contributed by atoms with Crippen LogP contribution < -0.4 is 11.1 Å². The zero-order valence-corrected chi connectivity index (χ0v) is 14.8. The smallest absolute Gasteiger partial charge is 0.276 e. The van der Waals surface area contributed by atoms with Crippen LogP contribution in [0.25, 0.3) is 10.9 Å². The van der Waals surface area contributed by atoms with Gasteiger partial charge in [-0.25, -0.2) is 0 Å². The lowest BCUT2D eigenvalue weighted by atomic mass is 10.2. The van der Waals surface area contributed by atoms with Gasteiger partial charge in [-0.15, -0.1) is 12.4 Å². The molecule has 0 aliphatic rings. The van der Waals surface area contributed by atoms with Crippen LogP contribution in [0.15, 0.2) is 54.6 Å². The van der Waals surface area contributed by atoms with Crippen LogP contribution in [0.4, 0.5) is 5.69 Å². The molecule has 0 aliphatic carbocycles. The monoisotopic (exact) mass is 371 g/mol. The van der Waals surface area contributed by atoms with Crippen molar-refractivity contribution in [3.63, 3.8) is 0 Å². The molecule has 0 unspecified atom stereocenters. The predicted octanol–water partition coefficient (Wildman–Crippen LogP) is 2.81. The van der Waals surface area contributed by atoms with E-state index in [9.17, 15) is 9.59 Å². The summed E-state index contributed by atoms with van der Waals surface area (Å²) < 4.78 is 0. The molecule has 7 nitrogen and oxygen atoms in total. The van der Waals surface area contributed by atoms with E-state index in [1.54, 1.807) is 48.5 Å². The lowest BCUT2D eigenvalue weighted by molar-refractivity contribution is 0.0864. The van der Waals surface area contributed by atoms with Crippen LogP contribution in [0.2, 0.25) is 0 Å².